The second-order valence-corrected chi connectivity index (χ2v) is 9.63. The van der Waals surface area contributed by atoms with E-state index in [9.17, 15) is 9.59 Å². The quantitative estimate of drug-likeness (QED) is 0.732. The summed E-state index contributed by atoms with van der Waals surface area (Å²) >= 11 is 0. The van der Waals surface area contributed by atoms with E-state index in [-0.39, 0.29) is 23.8 Å². The van der Waals surface area contributed by atoms with Crippen molar-refractivity contribution in [3.05, 3.63) is 23.8 Å². The maximum Gasteiger partial charge on any atom is 0.234 e. The lowest BCUT2D eigenvalue weighted by atomic mass is 9.94. The Labute approximate surface area is 191 Å². The van der Waals surface area contributed by atoms with E-state index < -0.39 is 0 Å². The van der Waals surface area contributed by atoms with Crippen LogP contribution in [0.1, 0.15) is 57.6 Å². The van der Waals surface area contributed by atoms with Crippen LogP contribution in [-0.2, 0) is 9.59 Å². The summed E-state index contributed by atoms with van der Waals surface area (Å²) in [5.74, 6) is 2.22. The Kier molecular flexibility index (Phi) is 7.55. The van der Waals surface area contributed by atoms with Gasteiger partial charge in [0.25, 0.3) is 0 Å². The van der Waals surface area contributed by atoms with Crippen molar-refractivity contribution in [2.45, 2.75) is 52.0 Å². The Hall–Kier alpha value is -2.28. The molecule has 4 rings (SSSR count). The van der Waals surface area contributed by atoms with Gasteiger partial charge in [-0.1, -0.05) is 19.9 Å². The molecule has 0 saturated carbocycles. The molecule has 2 amide bonds. The highest BCUT2D eigenvalue weighted by atomic mass is 16.6. The summed E-state index contributed by atoms with van der Waals surface area (Å²) in [7, 11) is 0. The second kappa shape index (κ2) is 10.6. The van der Waals surface area contributed by atoms with Crippen LogP contribution in [0.2, 0.25) is 0 Å². The lowest BCUT2D eigenvalue weighted by molar-refractivity contribution is -0.138. The number of benzene rings is 1. The predicted octanol–water partition coefficient (Wildman–Crippen LogP) is 3.00. The third kappa shape index (κ3) is 5.55. The number of rotatable bonds is 6. The van der Waals surface area contributed by atoms with Gasteiger partial charge < -0.3 is 19.7 Å². The number of fused-ring (bicyclic) bond motifs is 1. The minimum atomic E-state index is -0.0865. The summed E-state index contributed by atoms with van der Waals surface area (Å²) in [4.78, 5) is 29.9. The highest BCUT2D eigenvalue weighted by Crippen LogP contribution is 2.34. The largest absolute Gasteiger partial charge is 0.486 e. The Morgan fingerprint density at radius 2 is 1.69 bits per heavy atom. The summed E-state index contributed by atoms with van der Waals surface area (Å²) in [5.41, 5.74) is 1.03. The summed E-state index contributed by atoms with van der Waals surface area (Å²) in [5, 5.41) is 3.22. The van der Waals surface area contributed by atoms with Crippen molar-refractivity contribution in [3.8, 4) is 11.5 Å². The fourth-order valence-corrected chi connectivity index (χ4v) is 5.02. The lowest BCUT2D eigenvalue weighted by Crippen LogP contribution is -2.47. The topological polar surface area (TPSA) is 71.1 Å². The van der Waals surface area contributed by atoms with Gasteiger partial charge in [-0.3, -0.25) is 14.5 Å². The second-order valence-electron chi connectivity index (χ2n) is 9.63. The van der Waals surface area contributed by atoms with Crippen LogP contribution in [0.4, 0.5) is 0 Å². The molecule has 3 heterocycles. The van der Waals surface area contributed by atoms with E-state index in [2.05, 4.69) is 29.0 Å². The number of piperidine rings is 2. The molecule has 176 valence electrons. The van der Waals surface area contributed by atoms with E-state index in [1.165, 1.54) is 6.42 Å². The first kappa shape index (κ1) is 22.9. The number of hydrogen-bond donors (Lipinski definition) is 1. The molecule has 0 radical (unpaired) electrons. The average molecular weight is 444 g/mol. The van der Waals surface area contributed by atoms with E-state index in [0.29, 0.717) is 25.7 Å². The molecule has 32 heavy (non-hydrogen) atoms. The zero-order valence-electron chi connectivity index (χ0n) is 19.5. The standard InChI is InChI=1S/C25H37N3O4/c1-18(2)24(20-6-7-21-22(16-20)32-15-14-31-21)26-23(29)17-27-12-8-19(9-13-27)25(30)28-10-4-3-5-11-28/h6-7,16,18-19,24H,3-5,8-15,17H2,1-2H3,(H,26,29). The molecule has 0 aliphatic carbocycles. The van der Waals surface area contributed by atoms with Gasteiger partial charge in [0, 0.05) is 19.0 Å². The molecular weight excluding hydrogens is 406 g/mol. The van der Waals surface area contributed by atoms with Crippen molar-refractivity contribution >= 4 is 11.8 Å². The number of hydrogen-bond acceptors (Lipinski definition) is 5. The minimum Gasteiger partial charge on any atom is -0.486 e. The summed E-state index contributed by atoms with van der Waals surface area (Å²) < 4.78 is 11.3. The number of carbonyl (C=O) groups excluding carboxylic acids is 2. The number of nitrogens with one attached hydrogen (secondary N) is 1. The molecule has 1 atom stereocenters. The summed E-state index contributed by atoms with van der Waals surface area (Å²) in [6, 6.07) is 5.83. The van der Waals surface area contributed by atoms with Crippen LogP contribution in [-0.4, -0.2) is 67.6 Å². The van der Waals surface area contributed by atoms with Crippen LogP contribution in [0.3, 0.4) is 0 Å². The fourth-order valence-electron chi connectivity index (χ4n) is 5.02. The normalized spacial score (nSPS) is 20.8. The molecule has 0 bridgehead atoms. The highest BCUT2D eigenvalue weighted by Gasteiger charge is 2.30. The Morgan fingerprint density at radius 3 is 2.38 bits per heavy atom. The van der Waals surface area contributed by atoms with E-state index in [1.54, 1.807) is 0 Å². The Bertz CT molecular complexity index is 798. The maximum atomic E-state index is 12.9. The van der Waals surface area contributed by atoms with Crippen molar-refractivity contribution in [2.75, 3.05) is 45.9 Å². The monoisotopic (exact) mass is 443 g/mol. The van der Waals surface area contributed by atoms with Crippen LogP contribution < -0.4 is 14.8 Å². The van der Waals surface area contributed by atoms with E-state index >= 15 is 0 Å². The lowest BCUT2D eigenvalue weighted by Gasteiger charge is -2.35. The van der Waals surface area contributed by atoms with Crippen molar-refractivity contribution in [3.63, 3.8) is 0 Å². The van der Waals surface area contributed by atoms with Crippen molar-refractivity contribution in [2.24, 2.45) is 11.8 Å². The van der Waals surface area contributed by atoms with Crippen LogP contribution in [0.25, 0.3) is 0 Å². The number of carbonyl (C=O) groups is 2. The molecule has 1 N–H and O–H groups in total. The van der Waals surface area contributed by atoms with Crippen molar-refractivity contribution in [1.82, 2.24) is 15.1 Å². The fraction of sp³-hybridized carbons (Fsp3) is 0.680. The van der Waals surface area contributed by atoms with E-state index in [4.69, 9.17) is 9.47 Å². The molecule has 1 aromatic rings. The van der Waals surface area contributed by atoms with Gasteiger partial charge in [0.1, 0.15) is 13.2 Å². The Morgan fingerprint density at radius 1 is 1.00 bits per heavy atom. The molecule has 2 fully saturated rings. The van der Waals surface area contributed by atoms with Gasteiger partial charge in [0.15, 0.2) is 11.5 Å². The highest BCUT2D eigenvalue weighted by molar-refractivity contribution is 5.80. The molecule has 0 aromatic heterocycles. The molecular formula is C25H37N3O4. The molecule has 7 heteroatoms. The molecule has 1 aromatic carbocycles. The first-order chi connectivity index (χ1) is 15.5. The third-order valence-electron chi connectivity index (χ3n) is 6.88. The number of nitrogens with zero attached hydrogens (tertiary/aromatic N) is 2. The van der Waals surface area contributed by atoms with Gasteiger partial charge in [0.2, 0.25) is 11.8 Å². The van der Waals surface area contributed by atoms with Crippen LogP contribution in [0.15, 0.2) is 18.2 Å². The molecule has 1 unspecified atom stereocenters. The first-order valence-corrected chi connectivity index (χ1v) is 12.2. The summed E-state index contributed by atoms with van der Waals surface area (Å²) in [6.45, 7) is 9.14. The third-order valence-corrected chi connectivity index (χ3v) is 6.88. The number of likely N-dealkylation sites (tertiary alicyclic amines) is 2. The average Bonchev–Trinajstić information content (AvgIpc) is 2.82. The van der Waals surface area contributed by atoms with Gasteiger partial charge in [-0.25, -0.2) is 0 Å². The van der Waals surface area contributed by atoms with Gasteiger partial charge in [-0.15, -0.1) is 0 Å². The van der Waals surface area contributed by atoms with Crippen molar-refractivity contribution < 1.29 is 19.1 Å². The minimum absolute atomic E-state index is 0.0272. The predicted molar refractivity (Wildman–Crippen MR) is 123 cm³/mol. The zero-order chi connectivity index (χ0) is 22.5. The number of amides is 2. The Balaban J connectivity index is 1.28. The van der Waals surface area contributed by atoms with Gasteiger partial charge in [-0.05, 0) is 68.8 Å². The molecule has 7 nitrogen and oxygen atoms in total. The van der Waals surface area contributed by atoms with E-state index in [1.807, 2.05) is 18.2 Å². The molecule has 3 aliphatic rings. The van der Waals surface area contributed by atoms with Crippen LogP contribution >= 0.6 is 0 Å². The first-order valence-electron chi connectivity index (χ1n) is 12.2. The number of ether oxygens (including phenoxy) is 2. The maximum absolute atomic E-state index is 12.9. The van der Waals surface area contributed by atoms with Gasteiger partial charge in [0.05, 0.1) is 12.6 Å². The molecule has 0 spiro atoms. The SMILES string of the molecule is CC(C)C(NC(=O)CN1CCC(C(=O)N2CCCCC2)CC1)c1ccc2c(c1)OCCO2. The smallest absolute Gasteiger partial charge is 0.234 e. The van der Waals surface area contributed by atoms with Gasteiger partial charge >= 0.3 is 0 Å². The zero-order valence-corrected chi connectivity index (χ0v) is 19.5. The molecule has 3 aliphatic heterocycles. The van der Waals surface area contributed by atoms with E-state index in [0.717, 1.165) is 68.9 Å². The van der Waals surface area contributed by atoms with Crippen LogP contribution in [0, 0.1) is 11.8 Å². The summed E-state index contributed by atoms with van der Waals surface area (Å²) in [6.07, 6.45) is 5.19. The molecule has 2 saturated heterocycles. The van der Waals surface area contributed by atoms with Gasteiger partial charge in [-0.2, -0.15) is 0 Å². The van der Waals surface area contributed by atoms with Crippen molar-refractivity contribution in [1.29, 1.82) is 0 Å². The van der Waals surface area contributed by atoms with Crippen LogP contribution in [0.5, 0.6) is 11.5 Å².